The van der Waals surface area contributed by atoms with E-state index in [-0.39, 0.29) is 11.9 Å². The van der Waals surface area contributed by atoms with E-state index < -0.39 is 0 Å². The fourth-order valence-corrected chi connectivity index (χ4v) is 3.82. The molecule has 1 aromatic rings. The van der Waals surface area contributed by atoms with E-state index >= 15 is 0 Å². The number of carbonyl (C=O) groups is 1. The molecule has 3 rings (SSSR count). The first-order chi connectivity index (χ1) is 11.8. The number of methoxy groups -OCH3 is 1. The van der Waals surface area contributed by atoms with Crippen molar-refractivity contribution in [1.29, 1.82) is 0 Å². The summed E-state index contributed by atoms with van der Waals surface area (Å²) < 4.78 is 10.6. The highest BCUT2D eigenvalue weighted by atomic mass is 16.5. The van der Waals surface area contributed by atoms with Crippen molar-refractivity contribution in [3.63, 3.8) is 0 Å². The monoisotopic (exact) mass is 333 g/mol. The van der Waals surface area contributed by atoms with Crippen LogP contribution in [0.5, 0.6) is 0 Å². The van der Waals surface area contributed by atoms with Crippen LogP contribution in [0, 0.1) is 0 Å². The fourth-order valence-electron chi connectivity index (χ4n) is 3.82. The van der Waals surface area contributed by atoms with Gasteiger partial charge in [-0.25, -0.2) is 0 Å². The summed E-state index contributed by atoms with van der Waals surface area (Å²) in [6, 6.07) is 4.67. The summed E-state index contributed by atoms with van der Waals surface area (Å²) in [6.07, 6.45) is 6.04. The third-order valence-corrected chi connectivity index (χ3v) is 5.03. The van der Waals surface area contributed by atoms with E-state index in [1.807, 2.05) is 12.3 Å². The number of likely N-dealkylation sites (tertiary alicyclic amines) is 1. The van der Waals surface area contributed by atoms with E-state index in [0.717, 1.165) is 45.7 Å². The smallest absolute Gasteiger partial charge is 0.225 e. The molecule has 24 heavy (non-hydrogen) atoms. The molecule has 0 aliphatic carbocycles. The van der Waals surface area contributed by atoms with Crippen LogP contribution >= 0.6 is 0 Å². The van der Waals surface area contributed by atoms with Crippen LogP contribution in [0.2, 0.25) is 0 Å². The van der Waals surface area contributed by atoms with Crippen molar-refractivity contribution in [3.8, 4) is 0 Å². The fraction of sp³-hybridized carbons (Fsp3) is 0.667. The summed E-state index contributed by atoms with van der Waals surface area (Å²) in [5.74, 6) is 0.196. The molecule has 0 radical (unpaired) electrons. The Morgan fingerprint density at radius 2 is 2.21 bits per heavy atom. The number of pyridine rings is 1. The first-order valence-electron chi connectivity index (χ1n) is 8.78. The highest BCUT2D eigenvalue weighted by molar-refractivity contribution is 5.77. The van der Waals surface area contributed by atoms with Crippen LogP contribution in [-0.2, 0) is 20.7 Å². The minimum atomic E-state index is 0.196. The number of aromatic nitrogens is 1. The maximum absolute atomic E-state index is 12.6. The average molecular weight is 333 g/mol. The molecule has 3 heterocycles. The van der Waals surface area contributed by atoms with Crippen LogP contribution in [-0.4, -0.2) is 79.3 Å². The van der Waals surface area contributed by atoms with Gasteiger partial charge in [0.1, 0.15) is 0 Å². The van der Waals surface area contributed by atoms with E-state index in [9.17, 15) is 4.79 Å². The van der Waals surface area contributed by atoms with Crippen molar-refractivity contribution in [2.24, 2.45) is 0 Å². The Kier molecular flexibility index (Phi) is 6.18. The Balaban J connectivity index is 1.74. The minimum absolute atomic E-state index is 0.196. The molecule has 2 fully saturated rings. The molecule has 0 saturated carbocycles. The second-order valence-electron chi connectivity index (χ2n) is 6.47. The molecule has 0 bridgehead atoms. The second-order valence-corrected chi connectivity index (χ2v) is 6.47. The number of ether oxygens (including phenoxy) is 2. The van der Waals surface area contributed by atoms with Crippen LogP contribution in [0.15, 0.2) is 24.5 Å². The van der Waals surface area contributed by atoms with Gasteiger partial charge in [-0.15, -0.1) is 0 Å². The Hall–Kier alpha value is -1.50. The molecular formula is C18H27N3O3. The summed E-state index contributed by atoms with van der Waals surface area (Å²) in [5, 5.41) is 0. The largest absolute Gasteiger partial charge is 0.384 e. The number of rotatable bonds is 6. The molecule has 0 spiro atoms. The zero-order chi connectivity index (χ0) is 16.8. The topological polar surface area (TPSA) is 54.9 Å². The van der Waals surface area contributed by atoms with Gasteiger partial charge in [0, 0.05) is 45.2 Å². The van der Waals surface area contributed by atoms with E-state index in [2.05, 4.69) is 20.9 Å². The summed E-state index contributed by atoms with van der Waals surface area (Å²) in [7, 11) is 1.64. The summed E-state index contributed by atoms with van der Waals surface area (Å²) in [5.41, 5.74) is 1.19. The predicted octanol–water partition coefficient (Wildman–Crippen LogP) is 0.962. The van der Waals surface area contributed by atoms with Gasteiger partial charge in [-0.1, -0.05) is 6.07 Å². The van der Waals surface area contributed by atoms with Gasteiger partial charge in [0.2, 0.25) is 5.91 Å². The van der Waals surface area contributed by atoms with Crippen molar-refractivity contribution in [1.82, 2.24) is 14.8 Å². The average Bonchev–Trinajstić information content (AvgIpc) is 3.05. The molecule has 2 atom stereocenters. The number of hydrogen-bond donors (Lipinski definition) is 0. The van der Waals surface area contributed by atoms with Crippen LogP contribution < -0.4 is 0 Å². The highest BCUT2D eigenvalue weighted by Crippen LogP contribution is 2.27. The SMILES string of the molecule is COCCC(=O)N1CC[C@H](N2CCOCC2)[C@H]1Cc1cccnc1. The van der Waals surface area contributed by atoms with Gasteiger partial charge >= 0.3 is 0 Å². The molecule has 0 unspecified atom stereocenters. The van der Waals surface area contributed by atoms with E-state index in [1.54, 1.807) is 13.3 Å². The minimum Gasteiger partial charge on any atom is -0.384 e. The van der Waals surface area contributed by atoms with Gasteiger partial charge in [0.25, 0.3) is 0 Å². The third kappa shape index (κ3) is 4.12. The number of nitrogens with zero attached hydrogens (tertiary/aromatic N) is 3. The van der Waals surface area contributed by atoms with Crippen LogP contribution in [0.3, 0.4) is 0 Å². The molecule has 2 aliphatic rings. The Morgan fingerprint density at radius 1 is 1.38 bits per heavy atom. The van der Waals surface area contributed by atoms with Crippen LogP contribution in [0.25, 0.3) is 0 Å². The highest BCUT2D eigenvalue weighted by Gasteiger charge is 2.40. The maximum Gasteiger partial charge on any atom is 0.225 e. The lowest BCUT2D eigenvalue weighted by atomic mass is 9.99. The standard InChI is InChI=1S/C18H27N3O3/c1-23-10-5-18(22)21-7-4-16(20-8-11-24-12-9-20)17(21)13-15-3-2-6-19-14-15/h2-3,6,14,16-17H,4-5,7-13H2,1H3/t16-,17+/m0/s1. The Morgan fingerprint density at radius 3 is 2.92 bits per heavy atom. The first-order valence-corrected chi connectivity index (χ1v) is 8.78. The molecule has 2 aliphatic heterocycles. The third-order valence-electron chi connectivity index (χ3n) is 5.03. The molecule has 2 saturated heterocycles. The number of carbonyl (C=O) groups excluding carboxylic acids is 1. The van der Waals surface area contributed by atoms with Crippen LogP contribution in [0.4, 0.5) is 0 Å². The quantitative estimate of drug-likeness (QED) is 0.776. The number of morpholine rings is 1. The summed E-state index contributed by atoms with van der Waals surface area (Å²) in [6.45, 7) is 4.79. The van der Waals surface area contributed by atoms with Gasteiger partial charge in [-0.2, -0.15) is 0 Å². The Bertz CT molecular complexity index is 520. The lowest BCUT2D eigenvalue weighted by molar-refractivity contribution is -0.133. The van der Waals surface area contributed by atoms with Crippen molar-refractivity contribution in [3.05, 3.63) is 30.1 Å². The van der Waals surface area contributed by atoms with Gasteiger partial charge in [0.15, 0.2) is 0 Å². The summed E-state index contributed by atoms with van der Waals surface area (Å²) in [4.78, 5) is 21.4. The first kappa shape index (κ1) is 17.3. The van der Waals surface area contributed by atoms with Gasteiger partial charge in [-0.05, 0) is 24.5 Å². The van der Waals surface area contributed by atoms with Crippen molar-refractivity contribution in [2.75, 3.05) is 46.6 Å². The Labute approximate surface area is 143 Å². The second kappa shape index (κ2) is 8.55. The lowest BCUT2D eigenvalue weighted by Crippen LogP contribution is -2.51. The molecule has 6 heteroatoms. The van der Waals surface area contributed by atoms with E-state index in [4.69, 9.17) is 9.47 Å². The van der Waals surface area contributed by atoms with Crippen LogP contribution in [0.1, 0.15) is 18.4 Å². The zero-order valence-electron chi connectivity index (χ0n) is 14.4. The zero-order valence-corrected chi connectivity index (χ0v) is 14.4. The number of amides is 1. The predicted molar refractivity (Wildman–Crippen MR) is 90.7 cm³/mol. The van der Waals surface area contributed by atoms with Crippen molar-refractivity contribution < 1.29 is 14.3 Å². The van der Waals surface area contributed by atoms with Crippen molar-refractivity contribution >= 4 is 5.91 Å². The van der Waals surface area contributed by atoms with Gasteiger partial charge in [-0.3, -0.25) is 14.7 Å². The molecule has 132 valence electrons. The van der Waals surface area contributed by atoms with Crippen molar-refractivity contribution in [2.45, 2.75) is 31.3 Å². The normalized spacial score (nSPS) is 25.1. The van der Waals surface area contributed by atoms with E-state index in [0.29, 0.717) is 19.1 Å². The molecule has 0 aromatic carbocycles. The molecule has 1 aromatic heterocycles. The maximum atomic E-state index is 12.6. The van der Waals surface area contributed by atoms with Gasteiger partial charge in [0.05, 0.1) is 32.3 Å². The molecule has 1 amide bonds. The number of hydrogen-bond acceptors (Lipinski definition) is 5. The summed E-state index contributed by atoms with van der Waals surface area (Å²) >= 11 is 0. The lowest BCUT2D eigenvalue weighted by Gasteiger charge is -2.37. The van der Waals surface area contributed by atoms with E-state index in [1.165, 1.54) is 5.56 Å². The molecule has 0 N–H and O–H groups in total. The molecular weight excluding hydrogens is 306 g/mol. The van der Waals surface area contributed by atoms with Gasteiger partial charge < -0.3 is 14.4 Å². The molecule has 6 nitrogen and oxygen atoms in total.